The molecular weight excluding hydrogens is 599 g/mol. The molecule has 0 fully saturated rings. The van der Waals surface area contributed by atoms with Gasteiger partial charge in [-0.2, -0.15) is 0 Å². The minimum absolute atomic E-state index is 1.13. The van der Waals surface area contributed by atoms with Gasteiger partial charge < -0.3 is 4.90 Å². The van der Waals surface area contributed by atoms with E-state index >= 15 is 0 Å². The lowest BCUT2D eigenvalue weighted by molar-refractivity contribution is 1.29. The van der Waals surface area contributed by atoms with Crippen molar-refractivity contribution in [2.45, 2.75) is 0 Å². The van der Waals surface area contributed by atoms with Gasteiger partial charge in [-0.3, -0.25) is 0 Å². The first-order chi connectivity index (χ1) is 23.8. The monoisotopic (exact) mass is 627 g/mol. The van der Waals surface area contributed by atoms with E-state index in [0.717, 1.165) is 17.1 Å². The third-order valence-electron chi connectivity index (χ3n) is 9.78. The van der Waals surface area contributed by atoms with Crippen molar-refractivity contribution in [3.8, 4) is 11.1 Å². The Morgan fingerprint density at radius 1 is 0.333 bits per heavy atom. The Balaban J connectivity index is 1.11. The molecule has 0 aliphatic heterocycles. The second kappa shape index (κ2) is 10.8. The fraction of sp³-hybridized carbons (Fsp3) is 0. The number of benzene rings is 9. The number of fused-ring (bicyclic) bond motifs is 9. The van der Waals surface area contributed by atoms with Gasteiger partial charge >= 0.3 is 0 Å². The van der Waals surface area contributed by atoms with Crippen LogP contribution in [0.5, 0.6) is 0 Å². The van der Waals surface area contributed by atoms with Gasteiger partial charge in [-0.25, -0.2) is 0 Å². The molecule has 48 heavy (non-hydrogen) atoms. The number of anilines is 3. The van der Waals surface area contributed by atoms with Crippen molar-refractivity contribution in [3.05, 3.63) is 176 Å². The predicted molar refractivity (Wildman–Crippen MR) is 209 cm³/mol. The van der Waals surface area contributed by atoms with Crippen LogP contribution in [0.2, 0.25) is 0 Å². The Hall–Kier alpha value is -5.96. The van der Waals surface area contributed by atoms with Crippen molar-refractivity contribution in [1.29, 1.82) is 0 Å². The normalized spacial score (nSPS) is 11.8. The maximum absolute atomic E-state index is 2.37. The summed E-state index contributed by atoms with van der Waals surface area (Å²) < 4.78 is 2.66. The van der Waals surface area contributed by atoms with Crippen LogP contribution < -0.4 is 4.90 Å². The van der Waals surface area contributed by atoms with E-state index in [9.17, 15) is 0 Å². The molecule has 10 rings (SSSR count). The Morgan fingerprint density at radius 3 is 1.83 bits per heavy atom. The highest BCUT2D eigenvalue weighted by Gasteiger charge is 2.16. The zero-order valence-corrected chi connectivity index (χ0v) is 26.9. The van der Waals surface area contributed by atoms with Crippen LogP contribution in [-0.4, -0.2) is 0 Å². The van der Waals surface area contributed by atoms with Crippen LogP contribution in [-0.2, 0) is 0 Å². The molecule has 0 spiro atoms. The summed E-state index contributed by atoms with van der Waals surface area (Å²) in [5.74, 6) is 0. The van der Waals surface area contributed by atoms with Crippen molar-refractivity contribution in [1.82, 2.24) is 0 Å². The molecule has 2 heteroatoms. The second-order valence-corrected chi connectivity index (χ2v) is 13.6. The summed E-state index contributed by atoms with van der Waals surface area (Å²) in [4.78, 5) is 2.36. The number of hydrogen-bond acceptors (Lipinski definition) is 2. The summed E-state index contributed by atoms with van der Waals surface area (Å²) in [6.45, 7) is 0. The van der Waals surface area contributed by atoms with Gasteiger partial charge in [0.05, 0.1) is 0 Å². The van der Waals surface area contributed by atoms with Crippen LogP contribution >= 0.6 is 11.3 Å². The van der Waals surface area contributed by atoms with Gasteiger partial charge in [0, 0.05) is 37.2 Å². The van der Waals surface area contributed by atoms with Gasteiger partial charge in [0.1, 0.15) is 0 Å². The summed E-state index contributed by atoms with van der Waals surface area (Å²) >= 11 is 1.87. The molecule has 0 N–H and O–H groups in total. The minimum Gasteiger partial charge on any atom is -0.310 e. The summed E-state index contributed by atoms with van der Waals surface area (Å²) in [6.07, 6.45) is 0. The molecule has 10 aromatic rings. The number of rotatable bonds is 4. The average Bonchev–Trinajstić information content (AvgIpc) is 3.51. The molecule has 0 aliphatic carbocycles. The van der Waals surface area contributed by atoms with Crippen molar-refractivity contribution in [2.24, 2.45) is 0 Å². The van der Waals surface area contributed by atoms with E-state index in [1.54, 1.807) is 0 Å². The van der Waals surface area contributed by atoms with Gasteiger partial charge in [0.2, 0.25) is 0 Å². The van der Waals surface area contributed by atoms with E-state index in [0.29, 0.717) is 0 Å². The van der Waals surface area contributed by atoms with Crippen LogP contribution in [0.15, 0.2) is 176 Å². The number of nitrogens with zero attached hydrogens (tertiary/aromatic N) is 1. The third kappa shape index (κ3) is 4.31. The average molecular weight is 628 g/mol. The molecule has 224 valence electrons. The minimum atomic E-state index is 1.13. The Bertz CT molecular complexity index is 2830. The zero-order chi connectivity index (χ0) is 31.6. The zero-order valence-electron chi connectivity index (χ0n) is 26.1. The highest BCUT2D eigenvalue weighted by Crippen LogP contribution is 2.42. The van der Waals surface area contributed by atoms with E-state index in [2.05, 4.69) is 181 Å². The van der Waals surface area contributed by atoms with Crippen LogP contribution in [0.3, 0.4) is 0 Å². The van der Waals surface area contributed by atoms with Crippen LogP contribution in [0.4, 0.5) is 17.1 Å². The van der Waals surface area contributed by atoms with Gasteiger partial charge in [0.25, 0.3) is 0 Å². The first kappa shape index (κ1) is 27.2. The van der Waals surface area contributed by atoms with Crippen molar-refractivity contribution >= 4 is 91.7 Å². The molecule has 1 nitrogen and oxygen atoms in total. The lowest BCUT2D eigenvalue weighted by Crippen LogP contribution is -2.09. The third-order valence-corrected chi connectivity index (χ3v) is 10.9. The molecule has 0 atom stereocenters. The summed E-state index contributed by atoms with van der Waals surface area (Å²) in [5, 5.41) is 12.9. The fourth-order valence-electron chi connectivity index (χ4n) is 7.53. The van der Waals surface area contributed by atoms with E-state index in [4.69, 9.17) is 0 Å². The lowest BCUT2D eigenvalue weighted by Gasteiger charge is -2.26. The Kier molecular flexibility index (Phi) is 6.12. The maximum atomic E-state index is 2.37. The van der Waals surface area contributed by atoms with Gasteiger partial charge in [-0.1, -0.05) is 115 Å². The molecule has 0 aliphatic rings. The molecule has 0 saturated carbocycles. The van der Waals surface area contributed by atoms with E-state index < -0.39 is 0 Å². The van der Waals surface area contributed by atoms with Crippen LogP contribution in [0.1, 0.15) is 0 Å². The van der Waals surface area contributed by atoms with Gasteiger partial charge in [0.15, 0.2) is 0 Å². The molecule has 0 bridgehead atoms. The summed E-state index contributed by atoms with van der Waals surface area (Å²) in [7, 11) is 0. The molecule has 0 radical (unpaired) electrons. The Labute approximate surface area is 282 Å². The summed E-state index contributed by atoms with van der Waals surface area (Å²) in [6, 6.07) is 64.5. The molecule has 1 aromatic heterocycles. The van der Waals surface area contributed by atoms with Crippen molar-refractivity contribution in [3.63, 3.8) is 0 Å². The molecule has 0 unspecified atom stereocenters. The smallest absolute Gasteiger partial charge is 0.0468 e. The van der Waals surface area contributed by atoms with Gasteiger partial charge in [-0.05, 0) is 115 Å². The first-order valence-electron chi connectivity index (χ1n) is 16.4. The number of thiophene rings is 1. The lowest BCUT2D eigenvalue weighted by atomic mass is 9.91. The standard InChI is InChI=1S/C46H29NS/c1-2-11-35(12-3-1)47(37-25-22-32-27-43-40-15-8-9-17-44(40)48-45(43)29-34(32)26-37)36-23-20-31(21-24-36)42-28-33-19-18-30-10-4-5-13-38(30)46(33)41-16-7-6-14-39(41)42/h1-29H. The topological polar surface area (TPSA) is 3.24 Å². The Morgan fingerprint density at radius 2 is 0.979 bits per heavy atom. The SMILES string of the molecule is c1ccc(N(c2ccc(-c3cc4ccc5ccccc5c4c4ccccc34)cc2)c2ccc3cc4c(cc3c2)sc2ccccc24)cc1. The second-order valence-electron chi connectivity index (χ2n) is 12.6. The molecule has 1 heterocycles. The van der Waals surface area contributed by atoms with Crippen molar-refractivity contribution < 1.29 is 0 Å². The summed E-state index contributed by atoms with van der Waals surface area (Å²) in [5.41, 5.74) is 5.87. The van der Waals surface area contributed by atoms with E-state index in [1.165, 1.54) is 74.4 Å². The molecular formula is C46H29NS. The quantitative estimate of drug-likeness (QED) is 0.176. The highest BCUT2D eigenvalue weighted by atomic mass is 32.1. The van der Waals surface area contributed by atoms with Crippen LogP contribution in [0, 0.1) is 0 Å². The van der Waals surface area contributed by atoms with Crippen LogP contribution in [0.25, 0.3) is 74.4 Å². The van der Waals surface area contributed by atoms with E-state index in [-0.39, 0.29) is 0 Å². The fourth-order valence-corrected chi connectivity index (χ4v) is 8.66. The highest BCUT2D eigenvalue weighted by molar-refractivity contribution is 7.25. The molecule has 0 amide bonds. The maximum Gasteiger partial charge on any atom is 0.0468 e. The number of para-hydroxylation sites is 1. The predicted octanol–water partition coefficient (Wildman–Crippen LogP) is 13.8. The molecule has 0 saturated heterocycles. The van der Waals surface area contributed by atoms with Crippen molar-refractivity contribution in [2.75, 3.05) is 4.90 Å². The van der Waals surface area contributed by atoms with Gasteiger partial charge in [-0.15, -0.1) is 11.3 Å². The largest absolute Gasteiger partial charge is 0.310 e. The van der Waals surface area contributed by atoms with E-state index in [1.807, 2.05) is 11.3 Å². The first-order valence-corrected chi connectivity index (χ1v) is 17.2. The molecule has 9 aromatic carbocycles. The number of hydrogen-bond donors (Lipinski definition) is 0.